The molecule has 9 heavy (non-hydrogen) atoms. The number of nitrogens with one attached hydrogen (secondary N) is 1. The second-order valence-corrected chi connectivity index (χ2v) is 1.90. The van der Waals surface area contributed by atoms with Crippen LogP contribution in [0.3, 0.4) is 0 Å². The average molecular weight is 120 g/mol. The molecule has 0 atom stereocenters. The lowest BCUT2D eigenvalue weighted by Gasteiger charge is -1.75. The lowest BCUT2D eigenvalue weighted by atomic mass is 10.3. The average Bonchev–Trinajstić information content (AvgIpc) is 2.33. The van der Waals surface area contributed by atoms with Crippen LogP contribution in [0.5, 0.6) is 0 Å². The van der Waals surface area contributed by atoms with E-state index in [1.165, 1.54) is 0 Å². The summed E-state index contributed by atoms with van der Waals surface area (Å²) in [6, 6.07) is 7.84. The first-order chi connectivity index (χ1) is 4.47. The number of fused-ring (bicyclic) bond motifs is 1. The molecule has 2 rings (SSSR count). The molecule has 0 radical (unpaired) electrons. The van der Waals surface area contributed by atoms with Crippen LogP contribution < -0.4 is 5.16 Å². The van der Waals surface area contributed by atoms with Gasteiger partial charge in [0.05, 0.1) is 5.39 Å². The first-order valence-electron chi connectivity index (χ1n) is 2.81. The number of hydrogen-bond acceptors (Lipinski definition) is 1. The minimum absolute atomic E-state index is 0.900. The number of aromatic nitrogens is 1. The topological polar surface area (TPSA) is 27.3 Å². The highest BCUT2D eigenvalue weighted by Crippen LogP contribution is 2.07. The summed E-state index contributed by atoms with van der Waals surface area (Å²) in [5.41, 5.74) is 0.900. The third-order valence-corrected chi connectivity index (χ3v) is 1.30. The van der Waals surface area contributed by atoms with Gasteiger partial charge in [0.2, 0.25) is 11.8 Å². The van der Waals surface area contributed by atoms with Crippen molar-refractivity contribution < 1.29 is 9.68 Å². The van der Waals surface area contributed by atoms with Crippen LogP contribution >= 0.6 is 0 Å². The van der Waals surface area contributed by atoms with Gasteiger partial charge < -0.3 is 0 Å². The highest BCUT2D eigenvalue weighted by molar-refractivity contribution is 5.74. The molecular formula is C7H6NO+. The molecule has 0 fully saturated rings. The standard InChI is InChI=1S/C7H5NO/c1-2-4-7-6(3-1)5-8-9-7/h1-5H/p+1. The molecule has 0 unspecified atom stereocenters. The SMILES string of the molecule is c1ccc2o[nH+]cc2c1. The van der Waals surface area contributed by atoms with E-state index in [0.29, 0.717) is 0 Å². The van der Waals surface area contributed by atoms with Crippen molar-refractivity contribution in [3.8, 4) is 0 Å². The van der Waals surface area contributed by atoms with Crippen LogP contribution in [-0.2, 0) is 0 Å². The molecule has 0 aliphatic carbocycles. The van der Waals surface area contributed by atoms with Crippen molar-refractivity contribution in [2.24, 2.45) is 0 Å². The minimum Gasteiger partial charge on any atom is -0.238 e. The fourth-order valence-corrected chi connectivity index (χ4v) is 0.849. The summed E-state index contributed by atoms with van der Waals surface area (Å²) in [6.45, 7) is 0. The Bertz CT molecular complexity index is 283. The molecule has 0 aliphatic rings. The van der Waals surface area contributed by atoms with Gasteiger partial charge in [0, 0.05) is 0 Å². The van der Waals surface area contributed by atoms with E-state index in [2.05, 4.69) is 5.16 Å². The molecule has 1 aromatic carbocycles. The first-order valence-corrected chi connectivity index (χ1v) is 2.81. The molecule has 0 saturated carbocycles. The Kier molecular flexibility index (Phi) is 0.803. The summed E-state index contributed by atoms with van der Waals surface area (Å²) >= 11 is 0. The van der Waals surface area contributed by atoms with E-state index >= 15 is 0 Å². The Morgan fingerprint density at radius 2 is 2.11 bits per heavy atom. The number of benzene rings is 1. The van der Waals surface area contributed by atoms with Gasteiger partial charge in [-0.05, 0) is 17.3 Å². The van der Waals surface area contributed by atoms with Gasteiger partial charge in [-0.2, -0.15) is 0 Å². The minimum atomic E-state index is 0.900. The number of H-pyrrole nitrogens is 1. The van der Waals surface area contributed by atoms with Gasteiger partial charge in [-0.1, -0.05) is 12.1 Å². The van der Waals surface area contributed by atoms with Crippen LogP contribution in [0.2, 0.25) is 0 Å². The zero-order chi connectivity index (χ0) is 6.10. The number of aromatic amines is 1. The fourth-order valence-electron chi connectivity index (χ4n) is 0.849. The maximum Gasteiger partial charge on any atom is 0.224 e. The molecule has 1 aromatic heterocycles. The predicted molar refractivity (Wildman–Crippen MR) is 32.8 cm³/mol. The van der Waals surface area contributed by atoms with Crippen molar-refractivity contribution in [1.29, 1.82) is 0 Å². The first kappa shape index (κ1) is 4.56. The Labute approximate surface area is 52.1 Å². The highest BCUT2D eigenvalue weighted by atomic mass is 16.5. The van der Waals surface area contributed by atoms with Crippen molar-refractivity contribution >= 4 is 11.0 Å². The Balaban J connectivity index is 2.95. The van der Waals surface area contributed by atoms with Crippen LogP contribution in [0.25, 0.3) is 11.0 Å². The van der Waals surface area contributed by atoms with E-state index in [1.807, 2.05) is 30.5 Å². The van der Waals surface area contributed by atoms with E-state index in [-0.39, 0.29) is 0 Å². The zero-order valence-corrected chi connectivity index (χ0v) is 4.79. The molecule has 2 nitrogen and oxygen atoms in total. The normalized spacial score (nSPS) is 10.2. The number of rotatable bonds is 0. The largest absolute Gasteiger partial charge is 0.238 e. The van der Waals surface area contributed by atoms with E-state index in [9.17, 15) is 0 Å². The molecule has 1 heterocycles. The maximum atomic E-state index is 4.99. The predicted octanol–water partition coefficient (Wildman–Crippen LogP) is 1.25. The fraction of sp³-hybridized carbons (Fsp3) is 0. The molecular weight excluding hydrogens is 114 g/mol. The van der Waals surface area contributed by atoms with Crippen molar-refractivity contribution in [2.45, 2.75) is 0 Å². The lowest BCUT2D eigenvalue weighted by Crippen LogP contribution is -1.87. The van der Waals surface area contributed by atoms with Crippen molar-refractivity contribution in [3.05, 3.63) is 30.5 Å². The van der Waals surface area contributed by atoms with Crippen molar-refractivity contribution in [3.63, 3.8) is 0 Å². The summed E-state index contributed by atoms with van der Waals surface area (Å²) in [5, 5.41) is 3.77. The van der Waals surface area contributed by atoms with Crippen LogP contribution in [0.4, 0.5) is 0 Å². The van der Waals surface area contributed by atoms with Gasteiger partial charge >= 0.3 is 0 Å². The Morgan fingerprint density at radius 1 is 1.22 bits per heavy atom. The van der Waals surface area contributed by atoms with Gasteiger partial charge in [0.1, 0.15) is 0 Å². The molecule has 0 saturated heterocycles. The summed E-state index contributed by atoms with van der Waals surface area (Å²) < 4.78 is 4.99. The van der Waals surface area contributed by atoms with Crippen molar-refractivity contribution in [1.82, 2.24) is 0 Å². The molecule has 0 amide bonds. The molecule has 0 aliphatic heterocycles. The van der Waals surface area contributed by atoms with Gasteiger partial charge in [0.15, 0.2) is 0 Å². The van der Waals surface area contributed by atoms with Crippen LogP contribution in [0, 0.1) is 0 Å². The van der Waals surface area contributed by atoms with Crippen LogP contribution in [-0.4, -0.2) is 0 Å². The second kappa shape index (κ2) is 1.58. The van der Waals surface area contributed by atoms with Gasteiger partial charge in [0.25, 0.3) is 0 Å². The van der Waals surface area contributed by atoms with E-state index < -0.39 is 0 Å². The highest BCUT2D eigenvalue weighted by Gasteiger charge is 1.96. The lowest BCUT2D eigenvalue weighted by molar-refractivity contribution is -0.602. The number of para-hydroxylation sites is 1. The maximum absolute atomic E-state index is 4.99. The van der Waals surface area contributed by atoms with E-state index in [0.717, 1.165) is 11.0 Å². The van der Waals surface area contributed by atoms with Crippen molar-refractivity contribution in [2.75, 3.05) is 0 Å². The third kappa shape index (κ3) is 0.598. The van der Waals surface area contributed by atoms with Crippen LogP contribution in [0.1, 0.15) is 0 Å². The molecule has 0 bridgehead atoms. The van der Waals surface area contributed by atoms with Gasteiger partial charge in [-0.15, -0.1) is 0 Å². The smallest absolute Gasteiger partial charge is 0.224 e. The third-order valence-electron chi connectivity index (χ3n) is 1.30. The van der Waals surface area contributed by atoms with E-state index in [1.54, 1.807) is 0 Å². The quantitative estimate of drug-likeness (QED) is 0.514. The van der Waals surface area contributed by atoms with Gasteiger partial charge in [-0.3, -0.25) is 0 Å². The molecule has 1 N–H and O–H groups in total. The molecule has 44 valence electrons. The summed E-state index contributed by atoms with van der Waals surface area (Å²) in [6.07, 6.45) is 1.83. The summed E-state index contributed by atoms with van der Waals surface area (Å²) in [4.78, 5) is 0. The molecule has 2 aromatic rings. The van der Waals surface area contributed by atoms with E-state index in [4.69, 9.17) is 4.52 Å². The molecule has 2 heteroatoms. The second-order valence-electron chi connectivity index (χ2n) is 1.90. The van der Waals surface area contributed by atoms with Gasteiger partial charge in [-0.25, -0.2) is 4.52 Å². The summed E-state index contributed by atoms with van der Waals surface area (Å²) in [7, 11) is 0. The Morgan fingerprint density at radius 3 is 3.00 bits per heavy atom. The summed E-state index contributed by atoms with van der Waals surface area (Å²) in [5.74, 6) is 0. The zero-order valence-electron chi connectivity index (χ0n) is 4.79. The van der Waals surface area contributed by atoms with Crippen LogP contribution in [0.15, 0.2) is 35.0 Å². The molecule has 0 spiro atoms. The number of hydrogen-bond donors (Lipinski definition) is 0. The monoisotopic (exact) mass is 120 g/mol. The Hall–Kier alpha value is -1.31.